The standard InChI is InChI=1S/C19H30N4S/c1-4-13-23(19-20-11-8-12-21-19)17(14-15(2)3)18(24)22-16-9-6-5-7-10-16/h4,8,11-12,15-17H,1,5-7,9-10,13-14H2,2-3H3,(H,22,24). The summed E-state index contributed by atoms with van der Waals surface area (Å²) in [5.74, 6) is 1.26. The Bertz CT molecular complexity index is 511. The lowest BCUT2D eigenvalue weighted by Crippen LogP contribution is -2.50. The van der Waals surface area contributed by atoms with Gasteiger partial charge < -0.3 is 10.2 Å². The van der Waals surface area contributed by atoms with Crippen LogP contribution in [0.25, 0.3) is 0 Å². The van der Waals surface area contributed by atoms with Crippen LogP contribution in [0.1, 0.15) is 52.4 Å². The van der Waals surface area contributed by atoms with Gasteiger partial charge >= 0.3 is 0 Å². The summed E-state index contributed by atoms with van der Waals surface area (Å²) in [4.78, 5) is 12.0. The fourth-order valence-corrected chi connectivity index (χ4v) is 3.68. The molecule has 1 aliphatic carbocycles. The minimum Gasteiger partial charge on any atom is -0.375 e. The molecule has 0 bridgehead atoms. The number of thiocarbonyl (C=S) groups is 1. The quantitative estimate of drug-likeness (QED) is 0.566. The second-order valence-electron chi connectivity index (χ2n) is 6.98. The smallest absolute Gasteiger partial charge is 0.226 e. The van der Waals surface area contributed by atoms with Gasteiger partial charge in [0.05, 0.1) is 11.0 Å². The zero-order valence-electron chi connectivity index (χ0n) is 14.9. The molecule has 0 saturated heterocycles. The van der Waals surface area contributed by atoms with Crippen molar-refractivity contribution in [1.82, 2.24) is 15.3 Å². The van der Waals surface area contributed by atoms with E-state index in [9.17, 15) is 0 Å². The number of nitrogens with zero attached hydrogens (tertiary/aromatic N) is 3. The summed E-state index contributed by atoms with van der Waals surface area (Å²) in [7, 11) is 0. The molecule has 0 aliphatic heterocycles. The lowest BCUT2D eigenvalue weighted by Gasteiger charge is -2.35. The van der Waals surface area contributed by atoms with Gasteiger partial charge in [-0.3, -0.25) is 0 Å². The van der Waals surface area contributed by atoms with Gasteiger partial charge in [-0.05, 0) is 31.2 Å². The first-order valence-electron chi connectivity index (χ1n) is 9.06. The molecule has 1 unspecified atom stereocenters. The van der Waals surface area contributed by atoms with E-state index in [1.807, 2.05) is 12.1 Å². The molecule has 0 amide bonds. The molecule has 132 valence electrons. The Labute approximate surface area is 151 Å². The Balaban J connectivity index is 2.16. The first kappa shape index (κ1) is 18.8. The molecule has 1 aromatic rings. The second kappa shape index (κ2) is 9.72. The van der Waals surface area contributed by atoms with Crippen LogP contribution in [0.5, 0.6) is 0 Å². The van der Waals surface area contributed by atoms with E-state index in [-0.39, 0.29) is 6.04 Å². The van der Waals surface area contributed by atoms with Crippen LogP contribution in [0.2, 0.25) is 0 Å². The van der Waals surface area contributed by atoms with Gasteiger partial charge in [0.25, 0.3) is 0 Å². The van der Waals surface area contributed by atoms with Crippen LogP contribution in [0.4, 0.5) is 5.95 Å². The van der Waals surface area contributed by atoms with E-state index in [4.69, 9.17) is 12.2 Å². The van der Waals surface area contributed by atoms with Gasteiger partial charge in [-0.25, -0.2) is 9.97 Å². The molecular formula is C19H30N4S. The highest BCUT2D eigenvalue weighted by Gasteiger charge is 2.27. The molecule has 0 radical (unpaired) electrons. The van der Waals surface area contributed by atoms with Crippen molar-refractivity contribution in [2.24, 2.45) is 5.92 Å². The predicted molar refractivity (Wildman–Crippen MR) is 105 cm³/mol. The molecule has 0 aromatic carbocycles. The molecule has 1 heterocycles. The molecule has 0 spiro atoms. The van der Waals surface area contributed by atoms with Gasteiger partial charge in [0, 0.05) is 25.0 Å². The van der Waals surface area contributed by atoms with Crippen molar-refractivity contribution in [3.8, 4) is 0 Å². The summed E-state index contributed by atoms with van der Waals surface area (Å²) in [6.45, 7) is 9.05. The number of hydrogen-bond donors (Lipinski definition) is 1. The summed E-state index contributed by atoms with van der Waals surface area (Å²) >= 11 is 5.82. The van der Waals surface area contributed by atoms with Crippen molar-refractivity contribution < 1.29 is 0 Å². The highest BCUT2D eigenvalue weighted by Crippen LogP contribution is 2.21. The maximum absolute atomic E-state index is 5.82. The van der Waals surface area contributed by atoms with Crippen LogP contribution in [0.3, 0.4) is 0 Å². The zero-order valence-corrected chi connectivity index (χ0v) is 15.8. The molecule has 2 rings (SSSR count). The van der Waals surface area contributed by atoms with Crippen molar-refractivity contribution in [3.05, 3.63) is 31.1 Å². The average molecular weight is 347 g/mol. The highest BCUT2D eigenvalue weighted by molar-refractivity contribution is 7.80. The highest BCUT2D eigenvalue weighted by atomic mass is 32.1. The average Bonchev–Trinajstić information content (AvgIpc) is 2.59. The van der Waals surface area contributed by atoms with Crippen molar-refractivity contribution in [3.63, 3.8) is 0 Å². The summed E-state index contributed by atoms with van der Waals surface area (Å²) < 4.78 is 0. The van der Waals surface area contributed by atoms with Crippen molar-refractivity contribution in [1.29, 1.82) is 0 Å². The molecule has 4 nitrogen and oxygen atoms in total. The first-order valence-corrected chi connectivity index (χ1v) is 9.47. The van der Waals surface area contributed by atoms with Crippen LogP contribution in [0.15, 0.2) is 31.1 Å². The maximum Gasteiger partial charge on any atom is 0.226 e. The van der Waals surface area contributed by atoms with Gasteiger partial charge in [-0.2, -0.15) is 0 Å². The Morgan fingerprint density at radius 1 is 1.33 bits per heavy atom. The number of rotatable bonds is 8. The lowest BCUT2D eigenvalue weighted by molar-refractivity contribution is 0.409. The van der Waals surface area contributed by atoms with Gasteiger partial charge in [0.1, 0.15) is 0 Å². The Hall–Kier alpha value is -1.49. The van der Waals surface area contributed by atoms with E-state index in [0.717, 1.165) is 17.4 Å². The SMILES string of the molecule is C=CCN(c1ncccn1)C(CC(C)C)C(=S)NC1CCCCC1. The third-order valence-corrected chi connectivity index (χ3v) is 4.85. The molecule has 1 saturated carbocycles. The van der Waals surface area contributed by atoms with Gasteiger partial charge in [0.15, 0.2) is 0 Å². The minimum absolute atomic E-state index is 0.0994. The van der Waals surface area contributed by atoms with Crippen LogP contribution in [-0.2, 0) is 0 Å². The van der Waals surface area contributed by atoms with E-state index < -0.39 is 0 Å². The molecule has 1 fully saturated rings. The normalized spacial score (nSPS) is 16.6. The van der Waals surface area contributed by atoms with Crippen LogP contribution >= 0.6 is 12.2 Å². The predicted octanol–water partition coefficient (Wildman–Crippen LogP) is 4.13. The number of nitrogens with one attached hydrogen (secondary N) is 1. The Morgan fingerprint density at radius 3 is 2.58 bits per heavy atom. The fraction of sp³-hybridized carbons (Fsp3) is 0.632. The third-order valence-electron chi connectivity index (χ3n) is 4.46. The van der Waals surface area contributed by atoms with Gasteiger partial charge in [0.2, 0.25) is 5.95 Å². The largest absolute Gasteiger partial charge is 0.375 e. The number of anilines is 1. The summed E-state index contributed by atoms with van der Waals surface area (Å²) in [6, 6.07) is 2.46. The lowest BCUT2D eigenvalue weighted by atomic mass is 9.94. The van der Waals surface area contributed by atoms with E-state index >= 15 is 0 Å². The zero-order chi connectivity index (χ0) is 17.4. The molecule has 1 aromatic heterocycles. The monoisotopic (exact) mass is 346 g/mol. The fourth-order valence-electron chi connectivity index (χ4n) is 3.29. The molecule has 5 heteroatoms. The summed E-state index contributed by atoms with van der Waals surface area (Å²) in [5.41, 5.74) is 0. The minimum atomic E-state index is 0.0994. The topological polar surface area (TPSA) is 41.1 Å². The first-order chi connectivity index (χ1) is 11.6. The maximum atomic E-state index is 5.82. The van der Waals surface area contributed by atoms with Crippen LogP contribution in [-0.4, -0.2) is 33.6 Å². The summed E-state index contributed by atoms with van der Waals surface area (Å²) in [6.07, 6.45) is 12.8. The van der Waals surface area contributed by atoms with E-state index in [1.54, 1.807) is 12.4 Å². The van der Waals surface area contributed by atoms with E-state index in [1.165, 1.54) is 32.1 Å². The second-order valence-corrected chi connectivity index (χ2v) is 7.42. The van der Waals surface area contributed by atoms with Gasteiger partial charge in [-0.15, -0.1) is 6.58 Å². The van der Waals surface area contributed by atoms with E-state index in [0.29, 0.717) is 18.5 Å². The molecule has 1 N–H and O–H groups in total. The molecular weight excluding hydrogens is 316 g/mol. The van der Waals surface area contributed by atoms with Crippen LogP contribution < -0.4 is 10.2 Å². The number of aromatic nitrogens is 2. The molecule has 1 aliphatic rings. The third kappa shape index (κ3) is 5.55. The van der Waals surface area contributed by atoms with Crippen molar-refractivity contribution in [2.45, 2.75) is 64.5 Å². The Kier molecular flexibility index (Phi) is 7.63. The Morgan fingerprint density at radius 2 is 2.00 bits per heavy atom. The van der Waals surface area contributed by atoms with Crippen molar-refractivity contribution >= 4 is 23.2 Å². The number of hydrogen-bond acceptors (Lipinski definition) is 4. The molecule has 1 atom stereocenters. The van der Waals surface area contributed by atoms with Crippen molar-refractivity contribution in [2.75, 3.05) is 11.4 Å². The van der Waals surface area contributed by atoms with Crippen LogP contribution in [0, 0.1) is 5.92 Å². The van der Waals surface area contributed by atoms with E-state index in [2.05, 4.69) is 40.6 Å². The summed E-state index contributed by atoms with van der Waals surface area (Å²) in [5, 5.41) is 3.63. The van der Waals surface area contributed by atoms with Gasteiger partial charge in [-0.1, -0.05) is 51.4 Å². The molecule has 24 heavy (non-hydrogen) atoms.